The number of hydrogen-bond donors (Lipinski definition) is 1. The summed E-state index contributed by atoms with van der Waals surface area (Å²) in [6, 6.07) is 10.4. The number of rotatable bonds is 4. The van der Waals surface area contributed by atoms with Crippen LogP contribution in [0.3, 0.4) is 0 Å². The van der Waals surface area contributed by atoms with Gasteiger partial charge in [0.15, 0.2) is 0 Å². The molecule has 2 aromatic carbocycles. The Morgan fingerprint density at radius 3 is 2.68 bits per heavy atom. The van der Waals surface area contributed by atoms with Gasteiger partial charge in [0.2, 0.25) is 0 Å². The highest BCUT2D eigenvalue weighted by Gasteiger charge is 2.03. The third-order valence-corrected chi connectivity index (χ3v) is 3.57. The van der Waals surface area contributed by atoms with E-state index in [4.69, 9.17) is 16.3 Å². The van der Waals surface area contributed by atoms with Gasteiger partial charge in [-0.2, -0.15) is 0 Å². The molecule has 0 saturated heterocycles. The average molecular weight is 345 g/mol. The molecule has 0 amide bonds. The van der Waals surface area contributed by atoms with Gasteiger partial charge < -0.3 is 10.1 Å². The molecule has 2 aromatic rings. The first-order chi connectivity index (χ1) is 9.10. The number of anilines is 1. The Bertz CT molecular complexity index is 592. The largest absolute Gasteiger partial charge is 0.495 e. The number of halogens is 3. The minimum absolute atomic E-state index is 0.271. The molecule has 0 aliphatic rings. The molecular formula is C14H12BrClFNO. The lowest BCUT2D eigenvalue weighted by molar-refractivity contribution is 0.415. The lowest BCUT2D eigenvalue weighted by Gasteiger charge is -2.09. The van der Waals surface area contributed by atoms with Gasteiger partial charge in [0.1, 0.15) is 11.6 Å². The molecule has 100 valence electrons. The molecule has 0 atom stereocenters. The maximum Gasteiger partial charge on any atom is 0.137 e. The summed E-state index contributed by atoms with van der Waals surface area (Å²) in [6.07, 6.45) is 0. The van der Waals surface area contributed by atoms with E-state index in [1.807, 2.05) is 12.1 Å². The van der Waals surface area contributed by atoms with E-state index in [-0.39, 0.29) is 5.82 Å². The van der Waals surface area contributed by atoms with E-state index in [1.54, 1.807) is 25.3 Å². The summed E-state index contributed by atoms with van der Waals surface area (Å²) in [4.78, 5) is 0. The molecule has 0 radical (unpaired) electrons. The number of hydrogen-bond acceptors (Lipinski definition) is 2. The predicted octanol–water partition coefficient (Wildman–Crippen LogP) is 4.86. The number of benzene rings is 2. The van der Waals surface area contributed by atoms with Gasteiger partial charge in [-0.15, -0.1) is 0 Å². The third kappa shape index (κ3) is 3.61. The second kappa shape index (κ2) is 6.26. The number of ether oxygens (including phenoxy) is 1. The van der Waals surface area contributed by atoms with E-state index < -0.39 is 0 Å². The van der Waals surface area contributed by atoms with Gasteiger partial charge in [0, 0.05) is 12.2 Å². The van der Waals surface area contributed by atoms with E-state index in [0.29, 0.717) is 21.8 Å². The molecule has 0 saturated carbocycles. The SMILES string of the molecule is COc1ccc(NCc2ccc(Br)c(F)c2)cc1Cl. The quantitative estimate of drug-likeness (QED) is 0.855. The Morgan fingerprint density at radius 2 is 2.05 bits per heavy atom. The van der Waals surface area contributed by atoms with Crippen molar-refractivity contribution in [2.75, 3.05) is 12.4 Å². The van der Waals surface area contributed by atoms with Crippen LogP contribution in [0.15, 0.2) is 40.9 Å². The van der Waals surface area contributed by atoms with Gasteiger partial charge in [-0.3, -0.25) is 0 Å². The first-order valence-corrected chi connectivity index (χ1v) is 6.78. The summed E-state index contributed by atoms with van der Waals surface area (Å²) in [5.41, 5.74) is 1.71. The zero-order valence-corrected chi connectivity index (χ0v) is 12.6. The van der Waals surface area contributed by atoms with Crippen LogP contribution in [0.1, 0.15) is 5.56 Å². The zero-order valence-electron chi connectivity index (χ0n) is 10.2. The maximum absolute atomic E-state index is 13.4. The Labute approximate surface area is 124 Å². The van der Waals surface area contributed by atoms with Crippen LogP contribution in [-0.4, -0.2) is 7.11 Å². The van der Waals surface area contributed by atoms with Gasteiger partial charge in [-0.05, 0) is 51.8 Å². The molecule has 2 rings (SSSR count). The van der Waals surface area contributed by atoms with Crippen molar-refractivity contribution < 1.29 is 9.13 Å². The smallest absolute Gasteiger partial charge is 0.137 e. The Kier molecular flexibility index (Phi) is 4.66. The van der Waals surface area contributed by atoms with Crippen LogP contribution in [-0.2, 0) is 6.54 Å². The molecule has 0 unspecified atom stereocenters. The van der Waals surface area contributed by atoms with Gasteiger partial charge in [-0.25, -0.2) is 4.39 Å². The Hall–Kier alpha value is -1.26. The maximum atomic E-state index is 13.4. The lowest BCUT2D eigenvalue weighted by Crippen LogP contribution is -2.00. The van der Waals surface area contributed by atoms with Crippen LogP contribution < -0.4 is 10.1 Å². The second-order valence-corrected chi connectivity index (χ2v) is 5.21. The van der Waals surface area contributed by atoms with Crippen LogP contribution in [0, 0.1) is 5.82 Å². The Balaban J connectivity index is 2.05. The number of nitrogens with one attached hydrogen (secondary N) is 1. The standard InChI is InChI=1S/C14H12BrClFNO/c1-19-14-5-3-10(7-12(14)16)18-8-9-2-4-11(15)13(17)6-9/h2-7,18H,8H2,1H3. The van der Waals surface area contributed by atoms with E-state index in [1.165, 1.54) is 6.07 Å². The molecule has 0 aromatic heterocycles. The van der Waals surface area contributed by atoms with E-state index in [2.05, 4.69) is 21.2 Å². The molecule has 0 fully saturated rings. The highest BCUT2D eigenvalue weighted by Crippen LogP contribution is 2.27. The van der Waals surface area contributed by atoms with Crippen molar-refractivity contribution in [3.63, 3.8) is 0 Å². The monoisotopic (exact) mass is 343 g/mol. The van der Waals surface area contributed by atoms with Crippen molar-refractivity contribution in [1.29, 1.82) is 0 Å². The summed E-state index contributed by atoms with van der Waals surface area (Å²) in [5.74, 6) is 0.356. The first kappa shape index (κ1) is 14.2. The molecule has 5 heteroatoms. The second-order valence-electron chi connectivity index (χ2n) is 3.95. The Morgan fingerprint density at radius 1 is 1.26 bits per heavy atom. The zero-order chi connectivity index (χ0) is 13.8. The molecule has 1 N–H and O–H groups in total. The topological polar surface area (TPSA) is 21.3 Å². The van der Waals surface area contributed by atoms with Gasteiger partial charge in [-0.1, -0.05) is 17.7 Å². The first-order valence-electron chi connectivity index (χ1n) is 5.61. The third-order valence-electron chi connectivity index (χ3n) is 2.63. The summed E-state index contributed by atoms with van der Waals surface area (Å²) in [6.45, 7) is 0.521. The fourth-order valence-electron chi connectivity index (χ4n) is 1.63. The van der Waals surface area contributed by atoms with Crippen LogP contribution in [0.25, 0.3) is 0 Å². The van der Waals surface area contributed by atoms with Crippen molar-refractivity contribution in [2.45, 2.75) is 6.54 Å². The molecule has 0 bridgehead atoms. The molecule has 2 nitrogen and oxygen atoms in total. The highest BCUT2D eigenvalue weighted by atomic mass is 79.9. The van der Waals surface area contributed by atoms with Gasteiger partial charge in [0.25, 0.3) is 0 Å². The minimum Gasteiger partial charge on any atom is -0.495 e. The molecule has 0 heterocycles. The highest BCUT2D eigenvalue weighted by molar-refractivity contribution is 9.10. The van der Waals surface area contributed by atoms with Crippen molar-refractivity contribution in [2.24, 2.45) is 0 Å². The molecule has 0 spiro atoms. The van der Waals surface area contributed by atoms with Crippen molar-refractivity contribution in [3.05, 3.63) is 57.3 Å². The molecular weight excluding hydrogens is 333 g/mol. The van der Waals surface area contributed by atoms with Crippen LogP contribution >= 0.6 is 27.5 Å². The van der Waals surface area contributed by atoms with E-state index in [9.17, 15) is 4.39 Å². The average Bonchev–Trinajstić information content (AvgIpc) is 2.40. The van der Waals surface area contributed by atoms with Gasteiger partial charge >= 0.3 is 0 Å². The summed E-state index contributed by atoms with van der Waals surface area (Å²) >= 11 is 9.15. The summed E-state index contributed by atoms with van der Waals surface area (Å²) in [7, 11) is 1.57. The lowest BCUT2D eigenvalue weighted by atomic mass is 10.2. The van der Waals surface area contributed by atoms with Crippen molar-refractivity contribution in [1.82, 2.24) is 0 Å². The fourth-order valence-corrected chi connectivity index (χ4v) is 2.13. The van der Waals surface area contributed by atoms with Crippen molar-refractivity contribution >= 4 is 33.2 Å². The van der Waals surface area contributed by atoms with Crippen LogP contribution in [0.4, 0.5) is 10.1 Å². The van der Waals surface area contributed by atoms with Gasteiger partial charge in [0.05, 0.1) is 16.6 Å². The summed E-state index contributed by atoms with van der Waals surface area (Å²) in [5, 5.41) is 3.71. The van der Waals surface area contributed by atoms with E-state index in [0.717, 1.165) is 11.3 Å². The molecule has 0 aliphatic heterocycles. The van der Waals surface area contributed by atoms with Crippen LogP contribution in [0.2, 0.25) is 5.02 Å². The normalized spacial score (nSPS) is 10.3. The number of methoxy groups -OCH3 is 1. The summed E-state index contributed by atoms with van der Waals surface area (Å²) < 4.78 is 18.9. The van der Waals surface area contributed by atoms with E-state index >= 15 is 0 Å². The fraction of sp³-hybridized carbons (Fsp3) is 0.143. The minimum atomic E-state index is -0.271. The van der Waals surface area contributed by atoms with Crippen LogP contribution in [0.5, 0.6) is 5.75 Å². The predicted molar refractivity (Wildman–Crippen MR) is 79.4 cm³/mol. The van der Waals surface area contributed by atoms with Crippen molar-refractivity contribution in [3.8, 4) is 5.75 Å². The molecule has 19 heavy (non-hydrogen) atoms. The molecule has 0 aliphatic carbocycles.